The highest BCUT2D eigenvalue weighted by molar-refractivity contribution is 9.10. The van der Waals surface area contributed by atoms with Crippen LogP contribution in [0.4, 0.5) is 0 Å². The fourth-order valence-electron chi connectivity index (χ4n) is 0.931. The molecule has 0 aliphatic heterocycles. The van der Waals surface area contributed by atoms with Crippen LogP contribution in [0.1, 0.15) is 11.1 Å². The molecule has 1 aromatic rings. The first-order valence-electron chi connectivity index (χ1n) is 4.00. The highest BCUT2D eigenvalue weighted by atomic mass is 79.9. The molecule has 0 atom stereocenters. The van der Waals surface area contributed by atoms with Gasteiger partial charge < -0.3 is 0 Å². The minimum atomic E-state index is 0.211. The molecule has 14 heavy (non-hydrogen) atoms. The van der Waals surface area contributed by atoms with Gasteiger partial charge in [-0.05, 0) is 30.2 Å². The molecule has 1 rings (SSSR count). The van der Waals surface area contributed by atoms with Crippen molar-refractivity contribution in [2.75, 3.05) is 6.54 Å². The van der Waals surface area contributed by atoms with Crippen LogP contribution < -0.4 is 0 Å². The van der Waals surface area contributed by atoms with Crippen LogP contribution in [0.3, 0.4) is 0 Å². The lowest BCUT2D eigenvalue weighted by Crippen LogP contribution is -1.81. The van der Waals surface area contributed by atoms with E-state index in [4.69, 9.17) is 5.53 Å². The fourth-order valence-corrected chi connectivity index (χ4v) is 1.29. The van der Waals surface area contributed by atoms with Gasteiger partial charge in [0.15, 0.2) is 0 Å². The lowest BCUT2D eigenvalue weighted by Gasteiger charge is -1.97. The van der Waals surface area contributed by atoms with Crippen molar-refractivity contribution < 1.29 is 0 Å². The molecule has 0 aromatic heterocycles. The van der Waals surface area contributed by atoms with E-state index in [9.17, 15) is 0 Å². The molecule has 0 saturated heterocycles. The van der Waals surface area contributed by atoms with Gasteiger partial charge in [-0.25, -0.2) is 0 Å². The molecule has 0 saturated carbocycles. The van der Waals surface area contributed by atoms with Crippen molar-refractivity contribution in [1.82, 2.24) is 0 Å². The highest BCUT2D eigenvalue weighted by Crippen LogP contribution is 2.14. The van der Waals surface area contributed by atoms with E-state index in [1.165, 1.54) is 0 Å². The van der Waals surface area contributed by atoms with E-state index in [0.29, 0.717) is 0 Å². The van der Waals surface area contributed by atoms with Gasteiger partial charge in [-0.1, -0.05) is 39.0 Å². The molecule has 4 heteroatoms. The Kier molecular flexibility index (Phi) is 4.06. The topological polar surface area (TPSA) is 48.8 Å². The average molecular weight is 250 g/mol. The number of aryl methyl sites for hydroxylation is 1. The van der Waals surface area contributed by atoms with Crippen molar-refractivity contribution in [3.8, 4) is 11.8 Å². The van der Waals surface area contributed by atoms with Gasteiger partial charge in [0.2, 0.25) is 0 Å². The average Bonchev–Trinajstić information content (AvgIpc) is 2.18. The van der Waals surface area contributed by atoms with Crippen molar-refractivity contribution >= 4 is 15.9 Å². The first-order chi connectivity index (χ1) is 6.74. The minimum absolute atomic E-state index is 0.211. The van der Waals surface area contributed by atoms with Crippen LogP contribution in [0.15, 0.2) is 27.8 Å². The second kappa shape index (κ2) is 5.33. The maximum atomic E-state index is 8.05. The van der Waals surface area contributed by atoms with Crippen molar-refractivity contribution in [3.05, 3.63) is 44.2 Å². The number of azide groups is 1. The maximum Gasteiger partial charge on any atom is 0.0880 e. The Bertz CT molecular complexity index is 436. The molecule has 0 fully saturated rings. The summed E-state index contributed by atoms with van der Waals surface area (Å²) in [6, 6.07) is 5.90. The molecule has 70 valence electrons. The molecule has 0 amide bonds. The molecule has 0 aliphatic carbocycles. The van der Waals surface area contributed by atoms with Crippen molar-refractivity contribution in [2.45, 2.75) is 6.92 Å². The molecule has 0 unspecified atom stereocenters. The van der Waals surface area contributed by atoms with Crippen molar-refractivity contribution in [3.63, 3.8) is 0 Å². The second-order valence-corrected chi connectivity index (χ2v) is 3.57. The summed E-state index contributed by atoms with van der Waals surface area (Å²) in [6.45, 7) is 2.20. The van der Waals surface area contributed by atoms with E-state index >= 15 is 0 Å². The van der Waals surface area contributed by atoms with Crippen LogP contribution in [-0.4, -0.2) is 6.54 Å². The van der Waals surface area contributed by atoms with Crippen molar-refractivity contribution in [1.29, 1.82) is 0 Å². The van der Waals surface area contributed by atoms with Gasteiger partial charge in [-0.2, -0.15) is 0 Å². The SMILES string of the molecule is Cc1ccc(Br)cc1C#CCN=[N+]=[N-]. The van der Waals surface area contributed by atoms with Gasteiger partial charge >= 0.3 is 0 Å². The van der Waals surface area contributed by atoms with Crippen LogP contribution in [0.25, 0.3) is 10.4 Å². The quantitative estimate of drug-likeness (QED) is 0.317. The monoisotopic (exact) mass is 249 g/mol. The zero-order valence-corrected chi connectivity index (χ0v) is 9.24. The molecule has 1 aromatic carbocycles. The lowest BCUT2D eigenvalue weighted by atomic mass is 10.1. The van der Waals surface area contributed by atoms with Gasteiger partial charge in [0.25, 0.3) is 0 Å². The Morgan fingerprint density at radius 1 is 1.57 bits per heavy atom. The molecule has 0 bridgehead atoms. The predicted molar refractivity (Wildman–Crippen MR) is 59.8 cm³/mol. The molecule has 0 N–H and O–H groups in total. The number of nitrogens with zero attached hydrogens (tertiary/aromatic N) is 3. The fraction of sp³-hybridized carbons (Fsp3) is 0.200. The van der Waals surface area contributed by atoms with E-state index in [0.717, 1.165) is 15.6 Å². The van der Waals surface area contributed by atoms with Crippen LogP contribution in [0, 0.1) is 18.8 Å². The van der Waals surface area contributed by atoms with Gasteiger partial charge in [0.1, 0.15) is 0 Å². The van der Waals surface area contributed by atoms with Crippen LogP contribution in [-0.2, 0) is 0 Å². The summed E-state index contributed by atoms with van der Waals surface area (Å²) >= 11 is 3.37. The smallest absolute Gasteiger partial charge is 0.0880 e. The first kappa shape index (κ1) is 10.6. The molecule has 0 heterocycles. The Balaban J connectivity index is 2.88. The number of halogens is 1. The van der Waals surface area contributed by atoms with E-state index in [1.807, 2.05) is 25.1 Å². The summed E-state index contributed by atoms with van der Waals surface area (Å²) in [5.41, 5.74) is 10.1. The summed E-state index contributed by atoms with van der Waals surface area (Å²) in [5.74, 6) is 5.72. The third-order valence-corrected chi connectivity index (χ3v) is 2.13. The molecule has 0 spiro atoms. The number of benzene rings is 1. The van der Waals surface area contributed by atoms with Gasteiger partial charge in [-0.15, -0.1) is 0 Å². The predicted octanol–water partition coefficient (Wildman–Crippen LogP) is 3.42. The van der Waals surface area contributed by atoms with E-state index in [2.05, 4.69) is 37.8 Å². The highest BCUT2D eigenvalue weighted by Gasteiger charge is 1.94. The van der Waals surface area contributed by atoms with Gasteiger partial charge in [-0.3, -0.25) is 0 Å². The van der Waals surface area contributed by atoms with Gasteiger partial charge in [0, 0.05) is 14.9 Å². The van der Waals surface area contributed by atoms with Crippen molar-refractivity contribution in [2.24, 2.45) is 5.11 Å². The Morgan fingerprint density at radius 3 is 3.07 bits per heavy atom. The Hall–Kier alpha value is -1.43. The molecular weight excluding hydrogens is 242 g/mol. The second-order valence-electron chi connectivity index (χ2n) is 2.65. The maximum absolute atomic E-state index is 8.05. The number of hydrogen-bond donors (Lipinski definition) is 0. The van der Waals surface area contributed by atoms with E-state index in [1.54, 1.807) is 0 Å². The summed E-state index contributed by atoms with van der Waals surface area (Å²) in [4.78, 5) is 2.62. The lowest BCUT2D eigenvalue weighted by molar-refractivity contribution is 1.25. The molecule has 3 nitrogen and oxygen atoms in total. The summed E-state index contributed by atoms with van der Waals surface area (Å²) in [6.07, 6.45) is 0. The Labute approximate surface area is 90.9 Å². The third kappa shape index (κ3) is 3.14. The largest absolute Gasteiger partial charge is 0.0919 e. The Morgan fingerprint density at radius 2 is 2.36 bits per heavy atom. The van der Waals surface area contributed by atoms with Gasteiger partial charge in [0.05, 0.1) is 6.54 Å². The van der Waals surface area contributed by atoms with Crippen LogP contribution >= 0.6 is 15.9 Å². The summed E-state index contributed by atoms with van der Waals surface area (Å²) in [5, 5.41) is 3.33. The van der Waals surface area contributed by atoms with Crippen LogP contribution in [0.2, 0.25) is 0 Å². The summed E-state index contributed by atoms with van der Waals surface area (Å²) in [7, 11) is 0. The third-order valence-electron chi connectivity index (χ3n) is 1.64. The summed E-state index contributed by atoms with van der Waals surface area (Å²) < 4.78 is 0.996. The first-order valence-corrected chi connectivity index (χ1v) is 4.79. The van der Waals surface area contributed by atoms with E-state index in [-0.39, 0.29) is 6.54 Å². The zero-order chi connectivity index (χ0) is 10.4. The van der Waals surface area contributed by atoms with Crippen LogP contribution in [0.5, 0.6) is 0 Å². The normalized spacial score (nSPS) is 8.43. The molecule has 0 aliphatic rings. The van der Waals surface area contributed by atoms with E-state index < -0.39 is 0 Å². The standard InChI is InChI=1S/C10H8BrN3/c1-8-4-5-10(11)7-9(8)3-2-6-13-14-12/h4-5,7H,6H2,1H3. The molecular formula is C10H8BrN3. The number of rotatable bonds is 1. The molecule has 0 radical (unpaired) electrons. The number of hydrogen-bond acceptors (Lipinski definition) is 1. The minimum Gasteiger partial charge on any atom is -0.0919 e. The zero-order valence-electron chi connectivity index (χ0n) is 7.66.